The van der Waals surface area contributed by atoms with Gasteiger partial charge in [-0.25, -0.2) is 0 Å². The number of rotatable bonds is 6. The Hall–Kier alpha value is -2.02. The normalized spacial score (nSPS) is 10.8. The predicted octanol–water partition coefficient (Wildman–Crippen LogP) is 5.18. The van der Waals surface area contributed by atoms with Crippen LogP contribution in [-0.4, -0.2) is 26.4 Å². The van der Waals surface area contributed by atoms with Crippen molar-refractivity contribution in [3.63, 3.8) is 0 Å². The second kappa shape index (κ2) is 8.78. The molecule has 1 aromatic heterocycles. The second-order valence-corrected chi connectivity index (χ2v) is 7.55. The first-order chi connectivity index (χ1) is 13.0. The van der Waals surface area contributed by atoms with E-state index >= 15 is 0 Å². The summed E-state index contributed by atoms with van der Waals surface area (Å²) < 4.78 is 1.93. The quantitative estimate of drug-likeness (QED) is 0.558. The summed E-state index contributed by atoms with van der Waals surface area (Å²) in [6.45, 7) is 4.00. The van der Waals surface area contributed by atoms with Crippen LogP contribution in [0.4, 0.5) is 5.69 Å². The van der Waals surface area contributed by atoms with E-state index in [-0.39, 0.29) is 11.7 Å². The Balaban J connectivity index is 1.71. The molecule has 0 saturated carbocycles. The van der Waals surface area contributed by atoms with E-state index in [0.717, 1.165) is 17.9 Å². The number of nitrogens with one attached hydrogen (secondary N) is 1. The average Bonchev–Trinajstić information content (AvgIpc) is 3.04. The standard InChI is InChI=1S/C19H18Cl2N4OS/c1-3-13-7-9-14(10-8-13)25-12(2)23-24-19(25)27-11-17(26)22-16-6-4-5-15(20)18(16)21/h4-10H,3,11H2,1-2H3,(H,22,26). The van der Waals surface area contributed by atoms with Gasteiger partial charge in [0.2, 0.25) is 5.91 Å². The van der Waals surface area contributed by atoms with E-state index in [2.05, 4.69) is 34.6 Å². The Kier molecular flexibility index (Phi) is 6.42. The molecule has 27 heavy (non-hydrogen) atoms. The number of carbonyl (C=O) groups excluding carboxylic acids is 1. The zero-order valence-electron chi connectivity index (χ0n) is 14.9. The summed E-state index contributed by atoms with van der Waals surface area (Å²) >= 11 is 13.4. The van der Waals surface area contributed by atoms with Crippen LogP contribution in [0.1, 0.15) is 18.3 Å². The molecule has 0 aliphatic heterocycles. The van der Waals surface area contributed by atoms with Gasteiger partial charge in [-0.15, -0.1) is 10.2 Å². The number of halogens is 2. The number of aryl methyl sites for hydroxylation is 2. The highest BCUT2D eigenvalue weighted by molar-refractivity contribution is 7.99. The Labute approximate surface area is 172 Å². The van der Waals surface area contributed by atoms with Crippen LogP contribution in [0.2, 0.25) is 10.0 Å². The fourth-order valence-electron chi connectivity index (χ4n) is 2.53. The van der Waals surface area contributed by atoms with Crippen molar-refractivity contribution in [2.75, 3.05) is 11.1 Å². The molecule has 3 rings (SSSR count). The number of aromatic nitrogens is 3. The van der Waals surface area contributed by atoms with E-state index < -0.39 is 0 Å². The van der Waals surface area contributed by atoms with Crippen molar-refractivity contribution in [2.24, 2.45) is 0 Å². The topological polar surface area (TPSA) is 59.8 Å². The van der Waals surface area contributed by atoms with Crippen LogP contribution in [0.3, 0.4) is 0 Å². The van der Waals surface area contributed by atoms with Gasteiger partial charge in [0.25, 0.3) is 0 Å². The van der Waals surface area contributed by atoms with Crippen molar-refractivity contribution in [1.82, 2.24) is 14.8 Å². The van der Waals surface area contributed by atoms with Crippen LogP contribution in [0.5, 0.6) is 0 Å². The van der Waals surface area contributed by atoms with Crippen LogP contribution in [0, 0.1) is 6.92 Å². The van der Waals surface area contributed by atoms with Gasteiger partial charge in [0.1, 0.15) is 5.82 Å². The van der Waals surface area contributed by atoms with Gasteiger partial charge >= 0.3 is 0 Å². The summed E-state index contributed by atoms with van der Waals surface area (Å²) in [7, 11) is 0. The van der Waals surface area contributed by atoms with Crippen LogP contribution in [0.25, 0.3) is 5.69 Å². The number of benzene rings is 2. The summed E-state index contributed by atoms with van der Waals surface area (Å²) in [5.41, 5.74) is 2.72. The molecule has 1 N–H and O–H groups in total. The molecule has 3 aromatic rings. The number of carbonyl (C=O) groups is 1. The van der Waals surface area contributed by atoms with Crippen LogP contribution < -0.4 is 5.32 Å². The summed E-state index contributed by atoms with van der Waals surface area (Å²) in [5, 5.41) is 12.5. The van der Waals surface area contributed by atoms with Crippen molar-refractivity contribution in [2.45, 2.75) is 25.4 Å². The number of anilines is 1. The maximum absolute atomic E-state index is 12.3. The predicted molar refractivity (Wildman–Crippen MR) is 111 cm³/mol. The van der Waals surface area contributed by atoms with E-state index in [1.165, 1.54) is 17.3 Å². The molecule has 0 atom stereocenters. The molecule has 1 amide bonds. The zero-order valence-corrected chi connectivity index (χ0v) is 17.2. The molecule has 1 heterocycles. The molecule has 0 aliphatic carbocycles. The minimum atomic E-state index is -0.197. The Morgan fingerprint density at radius 1 is 1.15 bits per heavy atom. The van der Waals surface area contributed by atoms with E-state index in [9.17, 15) is 4.79 Å². The first-order valence-electron chi connectivity index (χ1n) is 8.37. The van der Waals surface area contributed by atoms with E-state index in [1.807, 2.05) is 23.6 Å². The van der Waals surface area contributed by atoms with Crippen molar-refractivity contribution >= 4 is 46.6 Å². The first-order valence-corrected chi connectivity index (χ1v) is 10.1. The molecular weight excluding hydrogens is 403 g/mol. The number of thioether (sulfide) groups is 1. The molecule has 0 aliphatic rings. The molecule has 0 bridgehead atoms. The monoisotopic (exact) mass is 420 g/mol. The van der Waals surface area contributed by atoms with Crippen molar-refractivity contribution < 1.29 is 4.79 Å². The molecule has 0 saturated heterocycles. The van der Waals surface area contributed by atoms with Gasteiger partial charge in [-0.3, -0.25) is 9.36 Å². The zero-order chi connectivity index (χ0) is 19.4. The lowest BCUT2D eigenvalue weighted by Crippen LogP contribution is -2.15. The smallest absolute Gasteiger partial charge is 0.234 e. The number of hydrogen-bond donors (Lipinski definition) is 1. The third kappa shape index (κ3) is 4.64. The Morgan fingerprint density at radius 3 is 2.59 bits per heavy atom. The van der Waals surface area contributed by atoms with E-state index in [0.29, 0.717) is 20.9 Å². The van der Waals surface area contributed by atoms with Crippen LogP contribution in [-0.2, 0) is 11.2 Å². The van der Waals surface area contributed by atoms with E-state index in [4.69, 9.17) is 23.2 Å². The highest BCUT2D eigenvalue weighted by atomic mass is 35.5. The Bertz CT molecular complexity index is 957. The summed E-state index contributed by atoms with van der Waals surface area (Å²) in [6.07, 6.45) is 0.981. The van der Waals surface area contributed by atoms with Gasteiger partial charge in [-0.2, -0.15) is 0 Å². The average molecular weight is 421 g/mol. The second-order valence-electron chi connectivity index (χ2n) is 5.82. The third-order valence-corrected chi connectivity index (χ3v) is 5.70. The maximum Gasteiger partial charge on any atom is 0.234 e. The number of nitrogens with zero attached hydrogens (tertiary/aromatic N) is 3. The molecule has 5 nitrogen and oxygen atoms in total. The largest absolute Gasteiger partial charge is 0.324 e. The fourth-order valence-corrected chi connectivity index (χ4v) is 3.68. The van der Waals surface area contributed by atoms with E-state index in [1.54, 1.807) is 18.2 Å². The van der Waals surface area contributed by atoms with Gasteiger partial charge in [0.05, 0.1) is 21.5 Å². The molecule has 0 unspecified atom stereocenters. The number of hydrogen-bond acceptors (Lipinski definition) is 4. The Morgan fingerprint density at radius 2 is 1.89 bits per heavy atom. The van der Waals surface area contributed by atoms with Crippen LogP contribution >= 0.6 is 35.0 Å². The molecular formula is C19H18Cl2N4OS. The lowest BCUT2D eigenvalue weighted by molar-refractivity contribution is -0.113. The summed E-state index contributed by atoms with van der Waals surface area (Å²) in [4.78, 5) is 12.3. The van der Waals surface area contributed by atoms with Gasteiger partial charge in [0.15, 0.2) is 5.16 Å². The molecule has 0 fully saturated rings. The molecule has 8 heteroatoms. The summed E-state index contributed by atoms with van der Waals surface area (Å²) in [5.74, 6) is 0.742. The lowest BCUT2D eigenvalue weighted by Gasteiger charge is -2.10. The lowest BCUT2D eigenvalue weighted by atomic mass is 10.1. The minimum absolute atomic E-state index is 0.175. The highest BCUT2D eigenvalue weighted by Crippen LogP contribution is 2.30. The SMILES string of the molecule is CCc1ccc(-n2c(C)nnc2SCC(=O)Nc2cccc(Cl)c2Cl)cc1. The van der Waals surface area contributed by atoms with Gasteiger partial charge in [-0.1, -0.05) is 60.1 Å². The summed E-state index contributed by atoms with van der Waals surface area (Å²) in [6, 6.07) is 13.3. The molecule has 0 spiro atoms. The third-order valence-electron chi connectivity index (χ3n) is 3.96. The van der Waals surface area contributed by atoms with Gasteiger partial charge in [0, 0.05) is 5.69 Å². The highest BCUT2D eigenvalue weighted by Gasteiger charge is 2.14. The van der Waals surface area contributed by atoms with Gasteiger partial charge in [-0.05, 0) is 43.2 Å². The maximum atomic E-state index is 12.3. The first kappa shape index (κ1) is 19.7. The molecule has 2 aromatic carbocycles. The van der Waals surface area contributed by atoms with Crippen molar-refractivity contribution in [3.8, 4) is 5.69 Å². The molecule has 140 valence electrons. The van der Waals surface area contributed by atoms with Crippen molar-refractivity contribution in [3.05, 3.63) is 63.9 Å². The fraction of sp³-hybridized carbons (Fsp3) is 0.211. The minimum Gasteiger partial charge on any atom is -0.324 e. The molecule has 0 radical (unpaired) electrons. The van der Waals surface area contributed by atoms with Crippen LogP contribution in [0.15, 0.2) is 47.6 Å². The van der Waals surface area contributed by atoms with Gasteiger partial charge < -0.3 is 5.32 Å². The number of amides is 1. The van der Waals surface area contributed by atoms with Crippen molar-refractivity contribution in [1.29, 1.82) is 0 Å².